The fourth-order valence-electron chi connectivity index (χ4n) is 3.46. The minimum Gasteiger partial charge on any atom is -0.336 e. The largest absolute Gasteiger partial charge is 0.336 e. The van der Waals surface area contributed by atoms with Gasteiger partial charge in [0.2, 0.25) is 15.2 Å². The molecular formula is C21H24FN7O2S2. The second kappa shape index (κ2) is 9.12. The molecule has 174 valence electrons. The normalized spacial score (nSPS) is 12.2. The van der Waals surface area contributed by atoms with E-state index in [1.54, 1.807) is 36.4 Å². The molecule has 0 radical (unpaired) electrons. The number of halogens is 1. The van der Waals surface area contributed by atoms with E-state index in [-0.39, 0.29) is 17.1 Å². The third kappa shape index (κ3) is 4.45. The van der Waals surface area contributed by atoms with Crippen LogP contribution in [0.3, 0.4) is 0 Å². The van der Waals surface area contributed by atoms with Crippen LogP contribution in [0.2, 0.25) is 0 Å². The van der Waals surface area contributed by atoms with Gasteiger partial charge in [0.15, 0.2) is 5.82 Å². The number of nitrogen functional groups attached to an aromatic ring is 1. The summed E-state index contributed by atoms with van der Waals surface area (Å²) in [5.74, 6) is 7.50. The number of rotatable bonds is 8. The van der Waals surface area contributed by atoms with Crippen molar-refractivity contribution in [2.45, 2.75) is 35.7 Å². The number of hydrogen-bond acceptors (Lipinski definition) is 7. The molecule has 2 aromatic carbocycles. The van der Waals surface area contributed by atoms with Crippen molar-refractivity contribution < 1.29 is 12.8 Å². The highest BCUT2D eigenvalue weighted by Gasteiger charge is 2.20. The first kappa shape index (κ1) is 23.2. The summed E-state index contributed by atoms with van der Waals surface area (Å²) in [5.41, 5.74) is 1.94. The zero-order valence-electron chi connectivity index (χ0n) is 18.4. The summed E-state index contributed by atoms with van der Waals surface area (Å²) in [5, 5.41) is 8.72. The summed E-state index contributed by atoms with van der Waals surface area (Å²) in [6.45, 7) is 2.66. The van der Waals surface area contributed by atoms with Crippen molar-refractivity contribution in [2.24, 2.45) is 0 Å². The smallest absolute Gasteiger partial charge is 0.242 e. The Hall–Kier alpha value is -2.96. The summed E-state index contributed by atoms with van der Waals surface area (Å²) >= 11 is 1.36. The SMILES string of the molecule is CCn1c(CSc2nnc(Cc3ccccc3F)n2N)nc2cc(S(=O)(=O)N(C)C)ccc21. The molecule has 2 N–H and O–H groups in total. The molecular weight excluding hydrogens is 465 g/mol. The van der Waals surface area contributed by atoms with Gasteiger partial charge in [-0.2, -0.15) is 0 Å². The van der Waals surface area contributed by atoms with Crippen LogP contribution in [-0.4, -0.2) is 51.2 Å². The van der Waals surface area contributed by atoms with Crippen LogP contribution in [0.5, 0.6) is 0 Å². The molecule has 2 aromatic heterocycles. The number of hydrogen-bond donors (Lipinski definition) is 1. The number of sulfonamides is 1. The fraction of sp³-hybridized carbons (Fsp3) is 0.286. The maximum Gasteiger partial charge on any atom is 0.242 e. The highest BCUT2D eigenvalue weighted by Crippen LogP contribution is 2.26. The summed E-state index contributed by atoms with van der Waals surface area (Å²) in [7, 11) is -0.560. The monoisotopic (exact) mass is 489 g/mol. The van der Waals surface area contributed by atoms with Gasteiger partial charge in [-0.3, -0.25) is 0 Å². The Kier molecular flexibility index (Phi) is 6.41. The number of aryl methyl sites for hydroxylation is 1. The number of benzene rings is 2. The van der Waals surface area contributed by atoms with Crippen molar-refractivity contribution in [3.05, 3.63) is 65.5 Å². The van der Waals surface area contributed by atoms with Crippen LogP contribution in [-0.2, 0) is 28.7 Å². The standard InChI is InChI=1S/C21H24FN7O2S2/c1-4-28-18-10-9-15(33(30,31)27(2)3)12-17(18)24-20(28)13-32-21-26-25-19(29(21)23)11-14-7-5-6-8-16(14)22/h5-10,12H,4,11,13,23H2,1-3H3. The van der Waals surface area contributed by atoms with E-state index in [9.17, 15) is 12.8 Å². The number of imidazole rings is 1. The first-order valence-electron chi connectivity index (χ1n) is 10.2. The van der Waals surface area contributed by atoms with Gasteiger partial charge in [0.25, 0.3) is 0 Å². The number of nitrogens with zero attached hydrogens (tertiary/aromatic N) is 6. The first-order chi connectivity index (χ1) is 15.7. The lowest BCUT2D eigenvalue weighted by atomic mass is 10.1. The van der Waals surface area contributed by atoms with Crippen molar-refractivity contribution in [1.82, 2.24) is 28.7 Å². The maximum atomic E-state index is 14.0. The van der Waals surface area contributed by atoms with Gasteiger partial charge in [-0.25, -0.2) is 26.8 Å². The van der Waals surface area contributed by atoms with Crippen LogP contribution in [0, 0.1) is 5.82 Å². The van der Waals surface area contributed by atoms with Gasteiger partial charge in [0.1, 0.15) is 11.6 Å². The molecule has 0 saturated carbocycles. The summed E-state index contributed by atoms with van der Waals surface area (Å²) in [6, 6.07) is 11.4. The van der Waals surface area contributed by atoms with Gasteiger partial charge >= 0.3 is 0 Å². The van der Waals surface area contributed by atoms with Gasteiger partial charge in [-0.1, -0.05) is 30.0 Å². The van der Waals surface area contributed by atoms with Gasteiger partial charge in [0.05, 0.1) is 21.7 Å². The molecule has 0 amide bonds. The third-order valence-electron chi connectivity index (χ3n) is 5.27. The molecule has 0 spiro atoms. The molecule has 0 unspecified atom stereocenters. The average molecular weight is 490 g/mol. The predicted octanol–water partition coefficient (Wildman–Crippen LogP) is 2.63. The van der Waals surface area contributed by atoms with E-state index >= 15 is 0 Å². The van der Waals surface area contributed by atoms with Crippen molar-refractivity contribution in [3.8, 4) is 0 Å². The summed E-state index contributed by atoms with van der Waals surface area (Å²) in [4.78, 5) is 4.85. The third-order valence-corrected chi connectivity index (χ3v) is 8.02. The maximum absolute atomic E-state index is 14.0. The Bertz CT molecular complexity index is 1410. The molecule has 0 aliphatic rings. The molecule has 4 aromatic rings. The molecule has 2 heterocycles. The van der Waals surface area contributed by atoms with Crippen molar-refractivity contribution in [2.75, 3.05) is 19.9 Å². The second-order valence-corrected chi connectivity index (χ2v) is 10.6. The van der Waals surface area contributed by atoms with E-state index < -0.39 is 10.0 Å². The van der Waals surface area contributed by atoms with Crippen LogP contribution in [0.15, 0.2) is 52.5 Å². The predicted molar refractivity (Wildman–Crippen MR) is 125 cm³/mol. The van der Waals surface area contributed by atoms with Gasteiger partial charge in [-0.15, -0.1) is 10.2 Å². The topological polar surface area (TPSA) is 112 Å². The van der Waals surface area contributed by atoms with Gasteiger partial charge in [-0.05, 0) is 36.8 Å². The van der Waals surface area contributed by atoms with E-state index in [2.05, 4.69) is 15.2 Å². The van der Waals surface area contributed by atoms with Crippen LogP contribution in [0.4, 0.5) is 4.39 Å². The minimum atomic E-state index is -3.55. The van der Waals surface area contributed by atoms with E-state index in [0.717, 1.165) is 11.3 Å². The molecule has 0 bridgehead atoms. The van der Waals surface area contributed by atoms with Crippen molar-refractivity contribution in [1.29, 1.82) is 0 Å². The highest BCUT2D eigenvalue weighted by atomic mass is 32.2. The molecule has 0 aliphatic heterocycles. The lowest BCUT2D eigenvalue weighted by molar-refractivity contribution is 0.521. The number of fused-ring (bicyclic) bond motifs is 1. The Morgan fingerprint density at radius 1 is 1.12 bits per heavy atom. The Morgan fingerprint density at radius 3 is 2.58 bits per heavy atom. The van der Waals surface area contributed by atoms with Crippen LogP contribution in [0.25, 0.3) is 11.0 Å². The molecule has 0 atom stereocenters. The van der Waals surface area contributed by atoms with Crippen molar-refractivity contribution >= 4 is 32.8 Å². The molecule has 0 fully saturated rings. The number of aromatic nitrogens is 5. The summed E-state index contributed by atoms with van der Waals surface area (Å²) in [6.07, 6.45) is 0.229. The lowest BCUT2D eigenvalue weighted by Gasteiger charge is -2.11. The molecule has 12 heteroatoms. The van der Waals surface area contributed by atoms with Crippen LogP contribution < -0.4 is 5.84 Å². The van der Waals surface area contributed by atoms with Gasteiger partial charge in [0, 0.05) is 27.1 Å². The van der Waals surface area contributed by atoms with E-state index in [1.807, 2.05) is 11.5 Å². The molecule has 0 saturated heterocycles. The quantitative estimate of drug-likeness (QED) is 0.299. The number of thioether (sulfide) groups is 1. The molecule has 0 aliphatic carbocycles. The molecule has 9 nitrogen and oxygen atoms in total. The summed E-state index contributed by atoms with van der Waals surface area (Å²) < 4.78 is 43.5. The zero-order chi connectivity index (χ0) is 23.8. The van der Waals surface area contributed by atoms with E-state index in [0.29, 0.717) is 34.4 Å². The van der Waals surface area contributed by atoms with E-state index in [1.165, 1.54) is 40.9 Å². The minimum absolute atomic E-state index is 0.194. The zero-order valence-corrected chi connectivity index (χ0v) is 20.1. The van der Waals surface area contributed by atoms with Crippen molar-refractivity contribution in [3.63, 3.8) is 0 Å². The average Bonchev–Trinajstić information content (AvgIpc) is 3.32. The highest BCUT2D eigenvalue weighted by molar-refractivity contribution is 7.98. The lowest BCUT2D eigenvalue weighted by Crippen LogP contribution is -2.22. The van der Waals surface area contributed by atoms with Gasteiger partial charge < -0.3 is 10.4 Å². The molecule has 4 rings (SSSR count). The van der Waals surface area contributed by atoms with Crippen LogP contribution in [0.1, 0.15) is 24.1 Å². The molecule has 33 heavy (non-hydrogen) atoms. The number of nitrogens with two attached hydrogens (primary N) is 1. The Balaban J connectivity index is 1.57. The Morgan fingerprint density at radius 2 is 1.88 bits per heavy atom. The fourth-order valence-corrected chi connectivity index (χ4v) is 5.21. The Labute approximate surface area is 195 Å². The second-order valence-electron chi connectivity index (χ2n) is 7.54. The van der Waals surface area contributed by atoms with E-state index in [4.69, 9.17) is 5.84 Å². The van der Waals surface area contributed by atoms with Crippen LogP contribution >= 0.6 is 11.8 Å². The first-order valence-corrected chi connectivity index (χ1v) is 12.6.